The molecular formula is C24H20N4O2. The number of amides is 2. The molecule has 0 aliphatic heterocycles. The summed E-state index contributed by atoms with van der Waals surface area (Å²) >= 11 is 0. The van der Waals surface area contributed by atoms with E-state index in [1.807, 2.05) is 89.5 Å². The highest BCUT2D eigenvalue weighted by atomic mass is 16.2. The molecule has 0 spiro atoms. The second-order valence-corrected chi connectivity index (χ2v) is 6.76. The molecule has 0 aliphatic rings. The van der Waals surface area contributed by atoms with Crippen molar-refractivity contribution in [3.05, 3.63) is 96.1 Å². The quantitative estimate of drug-likeness (QED) is 0.291. The maximum absolute atomic E-state index is 13.0. The number of urea groups is 1. The number of benzene rings is 3. The Morgan fingerprint density at radius 3 is 2.23 bits per heavy atom. The summed E-state index contributed by atoms with van der Waals surface area (Å²) in [5.41, 5.74) is 11.5. The van der Waals surface area contributed by atoms with Gasteiger partial charge in [-0.25, -0.2) is 10.2 Å². The lowest BCUT2D eigenvalue weighted by atomic mass is 10.1. The maximum atomic E-state index is 13.0. The number of hydrazone groups is 1. The smallest absolute Gasteiger partial charge is 0.332 e. The van der Waals surface area contributed by atoms with Gasteiger partial charge in [-0.3, -0.25) is 4.79 Å². The number of carbonyl (C=O) groups is 2. The third-order valence-electron chi connectivity index (χ3n) is 4.82. The number of hydrogen-bond acceptors (Lipinski definition) is 3. The SMILES string of the molecule is NC(=O)N/N=C/c1c(-c2ccccc2)n(CC(=O)c2ccccc2)c2ccccc12. The van der Waals surface area contributed by atoms with Crippen molar-refractivity contribution >= 4 is 28.9 Å². The fourth-order valence-electron chi connectivity index (χ4n) is 3.55. The molecule has 0 aliphatic carbocycles. The summed E-state index contributed by atoms with van der Waals surface area (Å²) < 4.78 is 1.99. The van der Waals surface area contributed by atoms with Crippen LogP contribution in [0.4, 0.5) is 4.79 Å². The molecule has 6 heteroatoms. The average molecular weight is 396 g/mol. The second-order valence-electron chi connectivity index (χ2n) is 6.76. The van der Waals surface area contributed by atoms with E-state index < -0.39 is 6.03 Å². The summed E-state index contributed by atoms with van der Waals surface area (Å²) in [7, 11) is 0. The number of nitrogens with two attached hydrogens (primary N) is 1. The van der Waals surface area contributed by atoms with Crippen molar-refractivity contribution < 1.29 is 9.59 Å². The van der Waals surface area contributed by atoms with Crippen molar-refractivity contribution in [2.75, 3.05) is 0 Å². The molecule has 0 fully saturated rings. The lowest BCUT2D eigenvalue weighted by Crippen LogP contribution is -2.24. The predicted molar refractivity (Wildman–Crippen MR) is 118 cm³/mol. The van der Waals surface area contributed by atoms with Crippen LogP contribution in [-0.4, -0.2) is 22.6 Å². The Balaban J connectivity index is 1.91. The Morgan fingerprint density at radius 2 is 1.53 bits per heavy atom. The van der Waals surface area contributed by atoms with Crippen LogP contribution in [0.2, 0.25) is 0 Å². The van der Waals surface area contributed by atoms with E-state index in [1.54, 1.807) is 6.21 Å². The Labute approximate surface area is 173 Å². The third kappa shape index (κ3) is 3.84. The Morgan fingerprint density at radius 1 is 0.900 bits per heavy atom. The summed E-state index contributed by atoms with van der Waals surface area (Å²) in [4.78, 5) is 24.1. The number of rotatable bonds is 6. The summed E-state index contributed by atoms with van der Waals surface area (Å²) in [6, 6.07) is 26.1. The maximum Gasteiger partial charge on any atom is 0.332 e. The summed E-state index contributed by atoms with van der Waals surface area (Å²) in [5, 5.41) is 4.90. The van der Waals surface area contributed by atoms with Crippen LogP contribution in [0.1, 0.15) is 15.9 Å². The first-order valence-electron chi connectivity index (χ1n) is 9.48. The minimum absolute atomic E-state index is 0.00674. The number of ketones is 1. The second kappa shape index (κ2) is 8.45. The van der Waals surface area contributed by atoms with Crippen molar-refractivity contribution in [2.45, 2.75) is 6.54 Å². The molecule has 3 N–H and O–H groups in total. The molecule has 0 radical (unpaired) electrons. The van der Waals surface area contributed by atoms with Gasteiger partial charge in [-0.15, -0.1) is 0 Å². The largest absolute Gasteiger partial charge is 0.350 e. The van der Waals surface area contributed by atoms with E-state index in [0.29, 0.717) is 5.56 Å². The summed E-state index contributed by atoms with van der Waals surface area (Å²) in [6.07, 6.45) is 1.57. The van der Waals surface area contributed by atoms with Crippen molar-refractivity contribution in [2.24, 2.45) is 10.8 Å². The Hall–Kier alpha value is -4.19. The Kier molecular flexibility index (Phi) is 5.39. The van der Waals surface area contributed by atoms with Crippen LogP contribution in [0, 0.1) is 0 Å². The van der Waals surface area contributed by atoms with Gasteiger partial charge in [0.05, 0.1) is 18.5 Å². The number of carbonyl (C=O) groups excluding carboxylic acids is 2. The van der Waals surface area contributed by atoms with E-state index in [-0.39, 0.29) is 12.3 Å². The van der Waals surface area contributed by atoms with Gasteiger partial charge >= 0.3 is 6.03 Å². The predicted octanol–water partition coefficient (Wildman–Crippen LogP) is 4.19. The molecule has 0 atom stereocenters. The fourth-order valence-corrected chi connectivity index (χ4v) is 3.55. The number of nitrogens with zero attached hydrogens (tertiary/aromatic N) is 2. The lowest BCUT2D eigenvalue weighted by molar-refractivity contribution is 0.0974. The first-order chi connectivity index (χ1) is 14.6. The van der Waals surface area contributed by atoms with E-state index in [2.05, 4.69) is 10.5 Å². The first kappa shape index (κ1) is 19.1. The van der Waals surface area contributed by atoms with Crippen LogP contribution in [0.25, 0.3) is 22.2 Å². The standard InChI is InChI=1S/C24H20N4O2/c25-24(30)27-26-15-20-19-13-7-8-14-21(19)28(23(20)18-11-5-2-6-12-18)16-22(29)17-9-3-1-4-10-17/h1-15H,16H2,(H3,25,27,30)/b26-15+. The van der Waals surface area contributed by atoms with Crippen LogP contribution < -0.4 is 11.2 Å². The zero-order chi connectivity index (χ0) is 20.9. The highest BCUT2D eigenvalue weighted by molar-refractivity contribution is 6.08. The molecule has 148 valence electrons. The number of fused-ring (bicyclic) bond motifs is 1. The van der Waals surface area contributed by atoms with Crippen LogP contribution >= 0.6 is 0 Å². The van der Waals surface area contributed by atoms with Gasteiger partial charge in [0, 0.05) is 22.0 Å². The van der Waals surface area contributed by atoms with E-state index in [1.165, 1.54) is 0 Å². The molecule has 4 rings (SSSR count). The summed E-state index contributed by atoms with van der Waals surface area (Å²) in [5.74, 6) is 0.00674. The van der Waals surface area contributed by atoms with E-state index in [9.17, 15) is 9.59 Å². The highest BCUT2D eigenvalue weighted by Crippen LogP contribution is 2.33. The molecule has 1 aromatic heterocycles. The monoisotopic (exact) mass is 396 g/mol. The van der Waals surface area contributed by atoms with Crippen LogP contribution in [0.3, 0.4) is 0 Å². The first-order valence-corrected chi connectivity index (χ1v) is 9.48. The fraction of sp³-hybridized carbons (Fsp3) is 0.0417. The molecule has 0 saturated heterocycles. The van der Waals surface area contributed by atoms with Gasteiger partial charge in [0.2, 0.25) is 0 Å². The van der Waals surface area contributed by atoms with Crippen molar-refractivity contribution in [1.29, 1.82) is 0 Å². The average Bonchev–Trinajstić information content (AvgIpc) is 3.08. The topological polar surface area (TPSA) is 89.5 Å². The molecule has 2 amide bonds. The van der Waals surface area contributed by atoms with Crippen LogP contribution in [0.5, 0.6) is 0 Å². The molecule has 30 heavy (non-hydrogen) atoms. The number of primary amides is 1. The number of Topliss-reactive ketones (excluding diaryl/α,β-unsaturated/α-hetero) is 1. The van der Waals surface area contributed by atoms with E-state index in [4.69, 9.17) is 5.73 Å². The van der Waals surface area contributed by atoms with Crippen molar-refractivity contribution in [3.8, 4) is 11.3 Å². The number of para-hydroxylation sites is 1. The van der Waals surface area contributed by atoms with Gasteiger partial charge in [-0.2, -0.15) is 5.10 Å². The highest BCUT2D eigenvalue weighted by Gasteiger charge is 2.19. The van der Waals surface area contributed by atoms with Crippen LogP contribution in [0.15, 0.2) is 90.0 Å². The zero-order valence-corrected chi connectivity index (χ0v) is 16.2. The Bertz CT molecular complexity index is 1230. The van der Waals surface area contributed by atoms with Crippen molar-refractivity contribution in [3.63, 3.8) is 0 Å². The van der Waals surface area contributed by atoms with Crippen LogP contribution in [-0.2, 0) is 6.54 Å². The number of nitrogens with one attached hydrogen (secondary N) is 1. The minimum atomic E-state index is -0.740. The third-order valence-corrected chi connectivity index (χ3v) is 4.82. The summed E-state index contributed by atoms with van der Waals surface area (Å²) in [6.45, 7) is 0.172. The van der Waals surface area contributed by atoms with Gasteiger partial charge in [-0.1, -0.05) is 78.9 Å². The number of hydrogen-bond donors (Lipinski definition) is 2. The zero-order valence-electron chi connectivity index (χ0n) is 16.2. The molecular weight excluding hydrogens is 376 g/mol. The normalized spacial score (nSPS) is 11.1. The lowest BCUT2D eigenvalue weighted by Gasteiger charge is -2.11. The van der Waals surface area contributed by atoms with Gasteiger partial charge in [0.25, 0.3) is 0 Å². The number of aromatic nitrogens is 1. The van der Waals surface area contributed by atoms with E-state index in [0.717, 1.165) is 27.7 Å². The van der Waals surface area contributed by atoms with Crippen molar-refractivity contribution in [1.82, 2.24) is 9.99 Å². The van der Waals surface area contributed by atoms with Gasteiger partial charge in [-0.05, 0) is 11.6 Å². The van der Waals surface area contributed by atoms with Gasteiger partial charge < -0.3 is 10.3 Å². The van der Waals surface area contributed by atoms with Gasteiger partial charge in [0.1, 0.15) is 0 Å². The molecule has 6 nitrogen and oxygen atoms in total. The molecule has 1 heterocycles. The molecule has 0 unspecified atom stereocenters. The molecule has 4 aromatic rings. The van der Waals surface area contributed by atoms with Gasteiger partial charge in [0.15, 0.2) is 5.78 Å². The molecule has 0 bridgehead atoms. The molecule has 0 saturated carbocycles. The van der Waals surface area contributed by atoms with E-state index >= 15 is 0 Å². The minimum Gasteiger partial charge on any atom is -0.350 e. The molecule has 3 aromatic carbocycles.